The molecule has 2 N–H and O–H groups in total. The van der Waals surface area contributed by atoms with Gasteiger partial charge in [0, 0.05) is 13.0 Å². The third-order valence-corrected chi connectivity index (χ3v) is 6.05. The van der Waals surface area contributed by atoms with E-state index >= 15 is 0 Å². The number of fused-ring (bicyclic) bond motifs is 2. The van der Waals surface area contributed by atoms with E-state index in [-0.39, 0.29) is 23.0 Å². The van der Waals surface area contributed by atoms with Crippen molar-refractivity contribution < 1.29 is 24.2 Å². The van der Waals surface area contributed by atoms with Gasteiger partial charge < -0.3 is 28.8 Å². The molecule has 0 fully saturated rings. The Kier molecular flexibility index (Phi) is 5.26. The van der Waals surface area contributed by atoms with E-state index in [1.165, 1.54) is 4.57 Å². The number of H-pyrrole nitrogens is 1. The Morgan fingerprint density at radius 3 is 2.93 bits per heavy atom. The minimum Gasteiger partial charge on any atom is -0.859 e. The quantitative estimate of drug-likeness (QED) is 0.693. The topological polar surface area (TPSA) is 93.0 Å². The van der Waals surface area contributed by atoms with E-state index in [1.54, 1.807) is 7.11 Å². The van der Waals surface area contributed by atoms with Crippen LogP contribution in [-0.2, 0) is 13.0 Å². The second-order valence-electron chi connectivity index (χ2n) is 7.48. The van der Waals surface area contributed by atoms with Crippen molar-refractivity contribution in [1.82, 2.24) is 9.55 Å². The number of likely N-dealkylation sites (N-methyl/N-ethyl adjacent to an activating group) is 1. The second-order valence-corrected chi connectivity index (χ2v) is 7.87. The lowest BCUT2D eigenvalue weighted by molar-refractivity contribution is -0.908. The number of nitrogens with one attached hydrogen (secondary N) is 2. The van der Waals surface area contributed by atoms with E-state index < -0.39 is 11.6 Å². The number of methoxy groups -OCH3 is 1. The van der Waals surface area contributed by atoms with Gasteiger partial charge in [0.25, 0.3) is 5.56 Å². The lowest BCUT2D eigenvalue weighted by Crippen LogP contribution is -3.10. The Morgan fingerprint density at radius 2 is 2.21 bits per heavy atom. The number of ether oxygens (including phenoxy) is 3. The third-order valence-electron chi connectivity index (χ3n) is 5.73. The fourth-order valence-electron chi connectivity index (χ4n) is 4.26. The Hall–Kier alpha value is -2.52. The number of nitrogens with zero attached hydrogens (tertiary/aromatic N) is 1. The lowest BCUT2D eigenvalue weighted by Gasteiger charge is -2.35. The number of unbranched alkanes of at least 4 members (excludes halogenated alkanes) is 1. The van der Waals surface area contributed by atoms with E-state index in [2.05, 4.69) is 4.98 Å². The van der Waals surface area contributed by atoms with E-state index in [1.807, 2.05) is 20.0 Å². The van der Waals surface area contributed by atoms with Crippen LogP contribution in [0.25, 0.3) is 0 Å². The SMILES string of the molecule is CCCCn1c([O-])c(C2c3c(cc4c(c3OC)OCO4)CC[NH+]2C)c(=O)[nH]c1=S. The molecule has 0 bridgehead atoms. The number of aromatic nitrogens is 2. The number of benzene rings is 1. The summed E-state index contributed by atoms with van der Waals surface area (Å²) >= 11 is 5.26. The maximum Gasteiger partial charge on any atom is 0.260 e. The summed E-state index contributed by atoms with van der Waals surface area (Å²) in [6.45, 7) is 3.42. The van der Waals surface area contributed by atoms with Crippen LogP contribution in [0, 0.1) is 4.77 Å². The van der Waals surface area contributed by atoms with Crippen molar-refractivity contribution in [2.24, 2.45) is 0 Å². The lowest BCUT2D eigenvalue weighted by atomic mass is 9.87. The van der Waals surface area contributed by atoms with Crippen LogP contribution >= 0.6 is 12.2 Å². The number of rotatable bonds is 5. The molecule has 1 aromatic heterocycles. The maximum atomic E-state index is 13.4. The molecule has 9 heteroatoms. The zero-order valence-electron chi connectivity index (χ0n) is 16.8. The Balaban J connectivity index is 1.96. The smallest absolute Gasteiger partial charge is 0.260 e. The molecule has 0 saturated carbocycles. The molecule has 29 heavy (non-hydrogen) atoms. The predicted octanol–water partition coefficient (Wildman–Crippen LogP) is 0.677. The Bertz CT molecular complexity index is 1060. The van der Waals surface area contributed by atoms with Gasteiger partial charge in [-0.25, -0.2) is 0 Å². The summed E-state index contributed by atoms with van der Waals surface area (Å²) in [5.74, 6) is 1.35. The summed E-state index contributed by atoms with van der Waals surface area (Å²) < 4.78 is 18.5. The molecule has 3 heterocycles. The van der Waals surface area contributed by atoms with Gasteiger partial charge in [0.05, 0.1) is 31.8 Å². The monoisotopic (exact) mass is 419 g/mol. The molecular weight excluding hydrogens is 394 g/mol. The fraction of sp³-hybridized carbons (Fsp3) is 0.500. The molecule has 0 aliphatic carbocycles. The molecule has 2 aromatic rings. The first-order valence-corrected chi connectivity index (χ1v) is 10.2. The first-order valence-electron chi connectivity index (χ1n) is 9.83. The molecule has 2 atom stereocenters. The van der Waals surface area contributed by atoms with Crippen LogP contribution in [0.3, 0.4) is 0 Å². The molecule has 2 unspecified atom stereocenters. The highest BCUT2D eigenvalue weighted by Gasteiger charge is 2.39. The van der Waals surface area contributed by atoms with Crippen LogP contribution in [0.5, 0.6) is 23.1 Å². The third kappa shape index (κ3) is 3.18. The number of aromatic amines is 1. The van der Waals surface area contributed by atoms with Crippen LogP contribution < -0.4 is 29.8 Å². The molecule has 0 saturated heterocycles. The number of hydrogen-bond donors (Lipinski definition) is 2. The van der Waals surface area contributed by atoms with Gasteiger partial charge in [0.2, 0.25) is 12.5 Å². The number of hydrogen-bond acceptors (Lipinski definition) is 6. The van der Waals surface area contributed by atoms with E-state index in [0.717, 1.165) is 41.8 Å². The summed E-state index contributed by atoms with van der Waals surface area (Å²) in [5.41, 5.74) is 1.56. The molecule has 0 amide bonds. The standard InChI is InChI=1S/C20H25N3O5S/c1-4-5-7-23-19(25)14(18(24)21-20(23)29)15-13-11(6-8-22(15)2)9-12-16(17(13)26-3)28-10-27-12/h9,15,25H,4-8,10H2,1-3H3,(H,21,24,29). The normalized spacial score (nSPS) is 19.8. The second kappa shape index (κ2) is 7.72. The molecular formula is C20H25N3O5S. The summed E-state index contributed by atoms with van der Waals surface area (Å²) in [6.07, 6.45) is 2.51. The van der Waals surface area contributed by atoms with Gasteiger partial charge in [0.1, 0.15) is 6.04 Å². The van der Waals surface area contributed by atoms with Crippen molar-refractivity contribution in [3.05, 3.63) is 37.9 Å². The van der Waals surface area contributed by atoms with Crippen molar-refractivity contribution in [2.45, 2.75) is 38.8 Å². The van der Waals surface area contributed by atoms with Crippen LogP contribution in [-0.4, -0.2) is 37.0 Å². The Labute approximate surface area is 173 Å². The Morgan fingerprint density at radius 1 is 1.41 bits per heavy atom. The summed E-state index contributed by atoms with van der Waals surface area (Å²) in [6, 6.07) is 1.45. The zero-order valence-corrected chi connectivity index (χ0v) is 17.6. The molecule has 0 radical (unpaired) electrons. The van der Waals surface area contributed by atoms with Crippen molar-refractivity contribution in [2.75, 3.05) is 27.5 Å². The van der Waals surface area contributed by atoms with Crippen LogP contribution in [0.15, 0.2) is 10.9 Å². The van der Waals surface area contributed by atoms with Gasteiger partial charge in [0.15, 0.2) is 16.3 Å². The number of quaternary nitrogens is 1. The molecule has 0 spiro atoms. The molecule has 4 rings (SSSR count). The average Bonchev–Trinajstić information content (AvgIpc) is 3.16. The highest BCUT2D eigenvalue weighted by Crippen LogP contribution is 2.48. The fourth-order valence-corrected chi connectivity index (χ4v) is 4.52. The van der Waals surface area contributed by atoms with Gasteiger partial charge in [-0.05, 0) is 36.1 Å². The van der Waals surface area contributed by atoms with E-state index in [4.69, 9.17) is 26.4 Å². The molecule has 156 valence electrons. The van der Waals surface area contributed by atoms with E-state index in [9.17, 15) is 9.90 Å². The highest BCUT2D eigenvalue weighted by atomic mass is 32.1. The van der Waals surface area contributed by atoms with Crippen molar-refractivity contribution in [3.8, 4) is 23.1 Å². The largest absolute Gasteiger partial charge is 0.859 e. The molecule has 1 aromatic carbocycles. The predicted molar refractivity (Wildman–Crippen MR) is 107 cm³/mol. The van der Waals surface area contributed by atoms with Gasteiger partial charge in [-0.3, -0.25) is 9.78 Å². The van der Waals surface area contributed by atoms with Gasteiger partial charge in [-0.2, -0.15) is 0 Å². The van der Waals surface area contributed by atoms with Gasteiger partial charge in [-0.15, -0.1) is 0 Å². The first kappa shape index (κ1) is 19.8. The van der Waals surface area contributed by atoms with Crippen molar-refractivity contribution in [1.29, 1.82) is 0 Å². The minimum atomic E-state index is -0.483. The van der Waals surface area contributed by atoms with Gasteiger partial charge >= 0.3 is 0 Å². The highest BCUT2D eigenvalue weighted by molar-refractivity contribution is 7.71. The minimum absolute atomic E-state index is 0.122. The summed E-state index contributed by atoms with van der Waals surface area (Å²) in [5, 5.41) is 13.4. The maximum absolute atomic E-state index is 13.4. The molecule has 2 aliphatic heterocycles. The van der Waals surface area contributed by atoms with Crippen LogP contribution in [0.4, 0.5) is 0 Å². The van der Waals surface area contributed by atoms with Gasteiger partial charge in [-0.1, -0.05) is 13.3 Å². The van der Waals surface area contributed by atoms with Crippen molar-refractivity contribution >= 4 is 12.2 Å². The summed E-state index contributed by atoms with van der Waals surface area (Å²) in [7, 11) is 3.54. The molecule has 2 aliphatic rings. The van der Waals surface area contributed by atoms with Crippen LogP contribution in [0.1, 0.15) is 42.5 Å². The summed E-state index contributed by atoms with van der Waals surface area (Å²) in [4.78, 5) is 16.7. The van der Waals surface area contributed by atoms with E-state index in [0.29, 0.717) is 23.8 Å². The van der Waals surface area contributed by atoms with Crippen LogP contribution in [0.2, 0.25) is 0 Å². The van der Waals surface area contributed by atoms with Crippen molar-refractivity contribution in [3.63, 3.8) is 0 Å². The first-order chi connectivity index (χ1) is 14.0. The molecule has 8 nitrogen and oxygen atoms in total. The average molecular weight is 420 g/mol. The zero-order chi connectivity index (χ0) is 20.7.